The van der Waals surface area contributed by atoms with E-state index in [1.807, 2.05) is 0 Å². The first-order chi connectivity index (χ1) is 6.93. The second-order valence-electron chi connectivity index (χ2n) is 2.61. The quantitative estimate of drug-likeness (QED) is 0.742. The van der Waals surface area contributed by atoms with Crippen LogP contribution in [0.4, 0.5) is 0 Å². The highest BCUT2D eigenvalue weighted by Crippen LogP contribution is 2.40. The van der Waals surface area contributed by atoms with Gasteiger partial charge in [0.15, 0.2) is 0 Å². The van der Waals surface area contributed by atoms with Crippen molar-refractivity contribution in [1.29, 1.82) is 0 Å². The Bertz CT molecular complexity index is 381. The number of nitrogens with one attached hydrogen (secondary N) is 1. The van der Waals surface area contributed by atoms with Crippen molar-refractivity contribution in [2.24, 2.45) is 5.73 Å². The van der Waals surface area contributed by atoms with Gasteiger partial charge in [0.25, 0.3) is 5.91 Å². The predicted molar refractivity (Wildman–Crippen MR) is 61.9 cm³/mol. The van der Waals surface area contributed by atoms with Crippen LogP contribution in [0.1, 0.15) is 9.67 Å². The molecule has 1 atom stereocenters. The Labute approximate surface area is 105 Å². The van der Waals surface area contributed by atoms with Crippen molar-refractivity contribution in [3.05, 3.63) is 19.3 Å². The fourth-order valence-electron chi connectivity index (χ4n) is 0.789. The Morgan fingerprint density at radius 3 is 2.47 bits per heavy atom. The molecule has 0 saturated heterocycles. The van der Waals surface area contributed by atoms with Gasteiger partial charge in [-0.2, -0.15) is 0 Å². The van der Waals surface area contributed by atoms with E-state index in [-0.39, 0.29) is 25.8 Å². The predicted octanol–water partition coefficient (Wildman–Crippen LogP) is 1.72. The fraction of sp³-hybridized carbons (Fsp3) is 0.286. The molecule has 0 radical (unpaired) electrons. The average molecular weight is 290 g/mol. The first kappa shape index (κ1) is 13.0. The van der Waals surface area contributed by atoms with Gasteiger partial charge in [-0.25, -0.2) is 0 Å². The Morgan fingerprint density at radius 2 is 2.07 bits per heavy atom. The number of rotatable bonds is 3. The molecular formula is C7H7Cl3N2O2S. The molecule has 1 rings (SSSR count). The third kappa shape index (κ3) is 3.21. The summed E-state index contributed by atoms with van der Waals surface area (Å²) in [6.45, 7) is -0.0672. The molecule has 0 spiro atoms. The number of amides is 1. The van der Waals surface area contributed by atoms with Crippen molar-refractivity contribution >= 4 is 52.0 Å². The van der Waals surface area contributed by atoms with Crippen LogP contribution in [-0.4, -0.2) is 23.8 Å². The summed E-state index contributed by atoms with van der Waals surface area (Å²) in [7, 11) is 0. The van der Waals surface area contributed by atoms with Crippen LogP contribution >= 0.6 is 46.1 Å². The van der Waals surface area contributed by atoms with Crippen molar-refractivity contribution in [1.82, 2.24) is 5.32 Å². The van der Waals surface area contributed by atoms with E-state index in [4.69, 9.17) is 45.6 Å². The van der Waals surface area contributed by atoms with E-state index in [1.54, 1.807) is 0 Å². The third-order valence-corrected chi connectivity index (χ3v) is 4.01. The number of aliphatic hydroxyl groups excluding tert-OH is 1. The molecule has 1 unspecified atom stereocenters. The Kier molecular flexibility index (Phi) is 4.64. The summed E-state index contributed by atoms with van der Waals surface area (Å²) in [5, 5.41) is 11.4. The van der Waals surface area contributed by atoms with E-state index in [0.29, 0.717) is 0 Å². The Balaban J connectivity index is 2.78. The highest BCUT2D eigenvalue weighted by molar-refractivity contribution is 7.19. The van der Waals surface area contributed by atoms with Crippen molar-refractivity contribution < 1.29 is 9.90 Å². The van der Waals surface area contributed by atoms with Crippen molar-refractivity contribution in [3.63, 3.8) is 0 Å². The maximum atomic E-state index is 11.5. The van der Waals surface area contributed by atoms with Gasteiger partial charge in [-0.3, -0.25) is 4.79 Å². The number of carbonyl (C=O) groups is 1. The average Bonchev–Trinajstić information content (AvgIpc) is 2.42. The lowest BCUT2D eigenvalue weighted by Gasteiger charge is -2.05. The van der Waals surface area contributed by atoms with E-state index in [9.17, 15) is 4.79 Å². The molecule has 1 aromatic rings. The van der Waals surface area contributed by atoms with Crippen LogP contribution in [0.2, 0.25) is 14.4 Å². The highest BCUT2D eigenvalue weighted by Gasteiger charge is 2.19. The molecule has 15 heavy (non-hydrogen) atoms. The van der Waals surface area contributed by atoms with Gasteiger partial charge in [0.1, 0.15) is 15.4 Å². The monoisotopic (exact) mass is 288 g/mol. The number of carbonyl (C=O) groups excluding carboxylic acids is 1. The summed E-state index contributed by atoms with van der Waals surface area (Å²) in [6.07, 6.45) is -1.11. The van der Waals surface area contributed by atoms with E-state index in [0.717, 1.165) is 11.3 Å². The second-order valence-corrected chi connectivity index (χ2v) is 4.99. The molecule has 0 aliphatic rings. The van der Waals surface area contributed by atoms with E-state index in [1.165, 1.54) is 0 Å². The fourth-order valence-corrected chi connectivity index (χ4v) is 2.51. The molecule has 0 saturated carbocycles. The number of thiophene rings is 1. The molecule has 4 N–H and O–H groups in total. The summed E-state index contributed by atoms with van der Waals surface area (Å²) >= 11 is 18.1. The largest absolute Gasteiger partial charge is 0.377 e. The minimum absolute atomic E-state index is 0.0672. The molecule has 1 heterocycles. The minimum Gasteiger partial charge on any atom is -0.377 e. The number of aliphatic hydroxyl groups is 1. The summed E-state index contributed by atoms with van der Waals surface area (Å²) in [4.78, 5) is 11.7. The molecule has 0 aromatic carbocycles. The van der Waals surface area contributed by atoms with E-state index in [2.05, 4.69) is 5.32 Å². The molecular weight excluding hydrogens is 283 g/mol. The molecule has 1 aromatic heterocycles. The third-order valence-electron chi connectivity index (χ3n) is 1.43. The molecule has 4 nitrogen and oxygen atoms in total. The first-order valence-corrected chi connectivity index (χ1v) is 5.73. The molecule has 84 valence electrons. The maximum Gasteiger partial charge on any atom is 0.263 e. The highest BCUT2D eigenvalue weighted by atomic mass is 35.5. The number of hydrogen-bond acceptors (Lipinski definition) is 4. The normalized spacial score (nSPS) is 12.6. The molecule has 0 aliphatic carbocycles. The van der Waals surface area contributed by atoms with Crippen LogP contribution in [-0.2, 0) is 0 Å². The zero-order valence-electron chi connectivity index (χ0n) is 7.26. The first-order valence-electron chi connectivity index (χ1n) is 3.78. The molecule has 0 bridgehead atoms. The van der Waals surface area contributed by atoms with Crippen molar-refractivity contribution in [2.45, 2.75) is 6.23 Å². The Hall–Kier alpha value is -0.0400. The van der Waals surface area contributed by atoms with Crippen LogP contribution in [0.3, 0.4) is 0 Å². The zero-order chi connectivity index (χ0) is 11.6. The number of hydrogen-bond donors (Lipinski definition) is 3. The SMILES string of the molecule is NC(O)CNC(=O)c1sc(Cl)c(Cl)c1Cl. The molecule has 0 fully saturated rings. The topological polar surface area (TPSA) is 75.3 Å². The van der Waals surface area contributed by atoms with Gasteiger partial charge in [-0.15, -0.1) is 11.3 Å². The summed E-state index contributed by atoms with van der Waals surface area (Å²) in [5.74, 6) is -0.469. The lowest BCUT2D eigenvalue weighted by molar-refractivity contribution is 0.0923. The van der Waals surface area contributed by atoms with Crippen molar-refractivity contribution in [3.8, 4) is 0 Å². The molecule has 8 heteroatoms. The van der Waals surface area contributed by atoms with E-state index >= 15 is 0 Å². The van der Waals surface area contributed by atoms with Crippen LogP contribution in [0.25, 0.3) is 0 Å². The van der Waals surface area contributed by atoms with Gasteiger partial charge in [-0.05, 0) is 0 Å². The standard InChI is InChI=1S/C7H7Cl3N2O2S/c8-3-4(9)6(10)15-5(3)7(14)12-1-2(11)13/h2,13H,1,11H2,(H,12,14). The number of nitrogens with two attached hydrogens (primary N) is 1. The van der Waals surface area contributed by atoms with Crippen LogP contribution in [0.5, 0.6) is 0 Å². The minimum atomic E-state index is -1.11. The second kappa shape index (κ2) is 5.34. The lowest BCUT2D eigenvalue weighted by atomic mass is 10.4. The Morgan fingerprint density at radius 1 is 1.47 bits per heavy atom. The maximum absolute atomic E-state index is 11.5. The van der Waals surface area contributed by atoms with Gasteiger partial charge < -0.3 is 16.2 Å². The molecule has 0 aliphatic heterocycles. The smallest absolute Gasteiger partial charge is 0.263 e. The summed E-state index contributed by atoms with van der Waals surface area (Å²) in [6, 6.07) is 0. The summed E-state index contributed by atoms with van der Waals surface area (Å²) < 4.78 is 0.250. The van der Waals surface area contributed by atoms with E-state index < -0.39 is 12.1 Å². The van der Waals surface area contributed by atoms with Gasteiger partial charge in [0, 0.05) is 0 Å². The van der Waals surface area contributed by atoms with Gasteiger partial charge in [-0.1, -0.05) is 34.8 Å². The van der Waals surface area contributed by atoms with Gasteiger partial charge >= 0.3 is 0 Å². The van der Waals surface area contributed by atoms with Crippen LogP contribution in [0, 0.1) is 0 Å². The zero-order valence-corrected chi connectivity index (χ0v) is 10.3. The molecule has 1 amide bonds. The van der Waals surface area contributed by atoms with Gasteiger partial charge in [0.05, 0.1) is 16.6 Å². The van der Waals surface area contributed by atoms with Crippen molar-refractivity contribution in [2.75, 3.05) is 6.54 Å². The summed E-state index contributed by atoms with van der Waals surface area (Å²) in [5.41, 5.74) is 5.05. The number of halogens is 3. The lowest BCUT2D eigenvalue weighted by Crippen LogP contribution is -2.36. The van der Waals surface area contributed by atoms with Crippen LogP contribution in [0.15, 0.2) is 0 Å². The van der Waals surface area contributed by atoms with Gasteiger partial charge in [0.2, 0.25) is 0 Å². The van der Waals surface area contributed by atoms with Crippen LogP contribution < -0.4 is 11.1 Å².